The number of ether oxygens (including phenoxy) is 1. The van der Waals surface area contributed by atoms with E-state index in [1.54, 1.807) is 20.8 Å². The summed E-state index contributed by atoms with van der Waals surface area (Å²) in [5, 5.41) is 13.5. The van der Waals surface area contributed by atoms with Gasteiger partial charge in [0.25, 0.3) is 0 Å². The van der Waals surface area contributed by atoms with Crippen molar-refractivity contribution in [3.05, 3.63) is 18.0 Å². The van der Waals surface area contributed by atoms with Gasteiger partial charge in [0.05, 0.1) is 12.2 Å². The number of fused-ring (bicyclic) bond motifs is 1. The third kappa shape index (κ3) is 1.50. The Labute approximate surface area is 92.3 Å². The number of nitrogens with zero attached hydrogens (tertiary/aromatic N) is 3. The quantitative estimate of drug-likeness (QED) is 0.510. The second-order valence-corrected chi connectivity index (χ2v) is 3.26. The number of carbonyl (C=O) groups is 1. The zero-order valence-electron chi connectivity index (χ0n) is 8.97. The van der Waals surface area contributed by atoms with E-state index < -0.39 is 5.97 Å². The van der Waals surface area contributed by atoms with Crippen LogP contribution in [0.1, 0.15) is 17.3 Å². The molecular formula is C9H10BN3O3. The summed E-state index contributed by atoms with van der Waals surface area (Å²) in [7, 11) is 1.78. The maximum atomic E-state index is 11.6. The van der Waals surface area contributed by atoms with Crippen molar-refractivity contribution < 1.29 is 14.6 Å². The van der Waals surface area contributed by atoms with Crippen molar-refractivity contribution >= 4 is 24.9 Å². The topological polar surface area (TPSA) is 76.7 Å². The van der Waals surface area contributed by atoms with Crippen molar-refractivity contribution in [2.45, 2.75) is 6.92 Å². The molecule has 82 valence electrons. The van der Waals surface area contributed by atoms with Crippen molar-refractivity contribution in [1.29, 1.82) is 0 Å². The van der Waals surface area contributed by atoms with E-state index in [1.165, 1.54) is 10.8 Å². The Hall–Kier alpha value is -2.05. The predicted molar refractivity (Wildman–Crippen MR) is 58.8 cm³/mol. The summed E-state index contributed by atoms with van der Waals surface area (Å²) in [4.78, 5) is 15.3. The van der Waals surface area contributed by atoms with Crippen LogP contribution < -0.4 is 5.59 Å². The second kappa shape index (κ2) is 3.84. The first-order valence-electron chi connectivity index (χ1n) is 4.84. The maximum absolute atomic E-state index is 11.6. The van der Waals surface area contributed by atoms with Gasteiger partial charge in [0.1, 0.15) is 11.8 Å². The van der Waals surface area contributed by atoms with Crippen LogP contribution in [0.15, 0.2) is 12.4 Å². The van der Waals surface area contributed by atoms with Gasteiger partial charge in [0.15, 0.2) is 7.85 Å². The molecule has 0 amide bonds. The van der Waals surface area contributed by atoms with Crippen LogP contribution in [0.2, 0.25) is 0 Å². The standard InChI is InChI=1S/C9H10BN3O3/c1-2-16-9(15)5-3-6(10)13-7(5)8(14)11-4-12-13/h3-4H,2,10H2,1H3,(H,11,12,14). The van der Waals surface area contributed by atoms with Gasteiger partial charge in [-0.15, -0.1) is 0 Å². The second-order valence-electron chi connectivity index (χ2n) is 3.26. The number of hydrogen-bond acceptors (Lipinski definition) is 5. The Bertz CT molecular complexity index is 552. The molecule has 2 heterocycles. The lowest BCUT2D eigenvalue weighted by molar-refractivity contribution is 0.0528. The zero-order valence-corrected chi connectivity index (χ0v) is 8.97. The van der Waals surface area contributed by atoms with E-state index in [1.807, 2.05) is 0 Å². The molecular weight excluding hydrogens is 209 g/mol. The van der Waals surface area contributed by atoms with Gasteiger partial charge in [-0.05, 0) is 18.6 Å². The molecule has 1 N–H and O–H groups in total. The molecule has 6 nitrogen and oxygen atoms in total. The van der Waals surface area contributed by atoms with Crippen LogP contribution in [0.25, 0.3) is 5.52 Å². The summed E-state index contributed by atoms with van der Waals surface area (Å²) in [5.74, 6) is -0.718. The number of rotatable bonds is 2. The van der Waals surface area contributed by atoms with Crippen LogP contribution in [0.4, 0.5) is 0 Å². The largest absolute Gasteiger partial charge is 0.492 e. The first kappa shape index (κ1) is 10.5. The number of carbonyl (C=O) groups excluding carboxylic acids is 1. The van der Waals surface area contributed by atoms with Gasteiger partial charge in [-0.1, -0.05) is 0 Å². The number of aromatic hydroxyl groups is 1. The Morgan fingerprint density at radius 2 is 2.44 bits per heavy atom. The lowest BCUT2D eigenvalue weighted by Gasteiger charge is -2.01. The van der Waals surface area contributed by atoms with Gasteiger partial charge in [-0.2, -0.15) is 10.1 Å². The zero-order chi connectivity index (χ0) is 11.7. The molecule has 0 fully saturated rings. The lowest BCUT2D eigenvalue weighted by atomic mass is 10.1. The number of hydrogen-bond donors (Lipinski definition) is 1. The van der Waals surface area contributed by atoms with Crippen molar-refractivity contribution in [1.82, 2.24) is 14.6 Å². The highest BCUT2D eigenvalue weighted by molar-refractivity contribution is 6.32. The minimum Gasteiger partial charge on any atom is -0.492 e. The van der Waals surface area contributed by atoms with Gasteiger partial charge >= 0.3 is 5.97 Å². The first-order chi connectivity index (χ1) is 7.65. The normalized spacial score (nSPS) is 10.6. The molecule has 2 aromatic heterocycles. The molecule has 0 aliphatic rings. The highest BCUT2D eigenvalue weighted by Gasteiger charge is 2.18. The highest BCUT2D eigenvalue weighted by Crippen LogP contribution is 2.18. The summed E-state index contributed by atoms with van der Waals surface area (Å²) in [6.07, 6.45) is 1.23. The third-order valence-electron chi connectivity index (χ3n) is 2.21. The molecule has 0 saturated heterocycles. The first-order valence-corrected chi connectivity index (χ1v) is 4.84. The van der Waals surface area contributed by atoms with Crippen molar-refractivity contribution in [2.75, 3.05) is 6.61 Å². The Kier molecular flexibility index (Phi) is 2.51. The van der Waals surface area contributed by atoms with E-state index >= 15 is 0 Å². The van der Waals surface area contributed by atoms with E-state index in [0.29, 0.717) is 0 Å². The number of esters is 1. The van der Waals surface area contributed by atoms with E-state index in [4.69, 9.17) is 4.74 Å². The van der Waals surface area contributed by atoms with Gasteiger partial charge in [-0.25, -0.2) is 9.31 Å². The van der Waals surface area contributed by atoms with Gasteiger partial charge < -0.3 is 9.84 Å². The Balaban J connectivity index is 2.66. The van der Waals surface area contributed by atoms with Crippen LogP contribution in [0.5, 0.6) is 5.88 Å². The lowest BCUT2D eigenvalue weighted by Crippen LogP contribution is -2.11. The Morgan fingerprint density at radius 1 is 1.69 bits per heavy atom. The minimum absolute atomic E-state index is 0.230. The molecule has 0 atom stereocenters. The predicted octanol–water partition coefficient (Wildman–Crippen LogP) is -1.13. The van der Waals surface area contributed by atoms with Gasteiger partial charge in [0, 0.05) is 0 Å². The molecule has 0 unspecified atom stereocenters. The smallest absolute Gasteiger partial charge is 0.340 e. The van der Waals surface area contributed by atoms with Crippen LogP contribution in [0, 0.1) is 0 Å². The molecule has 7 heteroatoms. The molecule has 0 aliphatic carbocycles. The average Bonchev–Trinajstić information content (AvgIpc) is 2.58. The van der Waals surface area contributed by atoms with E-state index in [0.717, 1.165) is 5.59 Å². The highest BCUT2D eigenvalue weighted by atomic mass is 16.5. The summed E-state index contributed by atoms with van der Waals surface area (Å²) in [5.41, 5.74) is 1.28. The fourth-order valence-electron chi connectivity index (χ4n) is 1.55. The minimum atomic E-state index is -0.488. The molecule has 2 aromatic rings. The Morgan fingerprint density at radius 3 is 3.12 bits per heavy atom. The van der Waals surface area contributed by atoms with Crippen molar-refractivity contribution in [3.63, 3.8) is 0 Å². The van der Waals surface area contributed by atoms with Crippen LogP contribution in [-0.2, 0) is 4.74 Å². The molecule has 0 aliphatic heterocycles. The van der Waals surface area contributed by atoms with Crippen LogP contribution in [0.3, 0.4) is 0 Å². The van der Waals surface area contributed by atoms with Crippen molar-refractivity contribution in [3.8, 4) is 5.88 Å². The third-order valence-corrected chi connectivity index (χ3v) is 2.21. The van der Waals surface area contributed by atoms with E-state index in [-0.39, 0.29) is 23.6 Å². The molecule has 0 aromatic carbocycles. The summed E-state index contributed by atoms with van der Waals surface area (Å²) < 4.78 is 6.34. The van der Waals surface area contributed by atoms with Crippen LogP contribution in [-0.4, -0.2) is 40.1 Å². The summed E-state index contributed by atoms with van der Waals surface area (Å²) >= 11 is 0. The molecule has 0 radical (unpaired) electrons. The number of aromatic nitrogens is 3. The van der Waals surface area contributed by atoms with Crippen molar-refractivity contribution in [2.24, 2.45) is 0 Å². The van der Waals surface area contributed by atoms with Crippen LogP contribution >= 0.6 is 0 Å². The molecule has 2 rings (SSSR count). The van der Waals surface area contributed by atoms with Gasteiger partial charge in [0.2, 0.25) is 5.88 Å². The van der Waals surface area contributed by atoms with E-state index in [9.17, 15) is 9.90 Å². The SMILES string of the molecule is Bc1cc(C(=O)OCC)c2c(O)ncnn12. The average molecular weight is 219 g/mol. The molecule has 0 bridgehead atoms. The maximum Gasteiger partial charge on any atom is 0.340 e. The molecule has 0 spiro atoms. The molecule has 16 heavy (non-hydrogen) atoms. The fourth-order valence-corrected chi connectivity index (χ4v) is 1.55. The molecule has 0 saturated carbocycles. The fraction of sp³-hybridized carbons (Fsp3) is 0.222. The monoisotopic (exact) mass is 219 g/mol. The summed E-state index contributed by atoms with van der Waals surface area (Å²) in [6, 6.07) is 1.61. The summed E-state index contributed by atoms with van der Waals surface area (Å²) in [6.45, 7) is 2.00. The van der Waals surface area contributed by atoms with E-state index in [2.05, 4.69) is 10.1 Å². The van der Waals surface area contributed by atoms with Gasteiger partial charge in [-0.3, -0.25) is 0 Å².